The molecule has 0 heterocycles. The Labute approximate surface area is 57.4 Å². The summed E-state index contributed by atoms with van der Waals surface area (Å²) in [6.07, 6.45) is -0.216. The van der Waals surface area contributed by atoms with Crippen LogP contribution in [0, 0.1) is 0 Å². The lowest BCUT2D eigenvalue weighted by Crippen LogP contribution is -2.30. The van der Waals surface area contributed by atoms with Gasteiger partial charge in [-0.05, 0) is 13.0 Å². The molecule has 0 aromatic heterocycles. The Morgan fingerprint density at radius 2 is 2.11 bits per heavy atom. The summed E-state index contributed by atoms with van der Waals surface area (Å²) in [6.45, 7) is 3.86. The molecule has 3 heteroatoms. The van der Waals surface area contributed by atoms with Crippen LogP contribution in [-0.2, 0) is 0 Å². The van der Waals surface area contributed by atoms with Gasteiger partial charge >= 0.3 is 0 Å². The SMILES string of the molecule is [B]CC(C)NCC(C)F. The van der Waals surface area contributed by atoms with Gasteiger partial charge in [-0.25, -0.2) is 4.39 Å². The third-order valence-corrected chi connectivity index (χ3v) is 1.10. The van der Waals surface area contributed by atoms with Gasteiger partial charge in [0.1, 0.15) is 6.17 Å². The van der Waals surface area contributed by atoms with Crippen molar-refractivity contribution >= 4 is 7.85 Å². The first-order chi connectivity index (χ1) is 4.16. The predicted molar refractivity (Wildman–Crippen MR) is 38.6 cm³/mol. The van der Waals surface area contributed by atoms with Crippen molar-refractivity contribution in [1.29, 1.82) is 0 Å². The lowest BCUT2D eigenvalue weighted by molar-refractivity contribution is 0.335. The van der Waals surface area contributed by atoms with Crippen molar-refractivity contribution < 1.29 is 4.39 Å². The van der Waals surface area contributed by atoms with Gasteiger partial charge in [-0.15, -0.1) is 0 Å². The minimum Gasteiger partial charge on any atom is -0.312 e. The number of alkyl halides is 1. The van der Waals surface area contributed by atoms with E-state index < -0.39 is 6.17 Å². The average molecular weight is 129 g/mol. The molecule has 2 radical (unpaired) electrons. The summed E-state index contributed by atoms with van der Waals surface area (Å²) in [5, 5.41) is 2.93. The van der Waals surface area contributed by atoms with E-state index in [0.717, 1.165) is 0 Å². The first-order valence-electron chi connectivity index (χ1n) is 3.24. The van der Waals surface area contributed by atoms with Crippen LogP contribution in [0.5, 0.6) is 0 Å². The zero-order valence-electron chi connectivity index (χ0n) is 6.02. The third kappa shape index (κ3) is 5.83. The minimum absolute atomic E-state index is 0.225. The average Bonchev–Trinajstić information content (AvgIpc) is 1.83. The van der Waals surface area contributed by atoms with Crippen molar-refractivity contribution in [2.75, 3.05) is 6.54 Å². The maximum atomic E-state index is 12.1. The predicted octanol–water partition coefficient (Wildman–Crippen LogP) is 0.909. The van der Waals surface area contributed by atoms with Gasteiger partial charge < -0.3 is 5.32 Å². The number of nitrogens with one attached hydrogen (secondary N) is 1. The molecule has 9 heavy (non-hydrogen) atoms. The Morgan fingerprint density at radius 3 is 2.44 bits per heavy atom. The van der Waals surface area contributed by atoms with Crippen LogP contribution >= 0.6 is 0 Å². The van der Waals surface area contributed by atoms with E-state index in [-0.39, 0.29) is 6.04 Å². The van der Waals surface area contributed by atoms with E-state index in [1.165, 1.54) is 6.92 Å². The molecule has 0 saturated carbocycles. The van der Waals surface area contributed by atoms with Gasteiger partial charge in [0.05, 0.1) is 7.85 Å². The van der Waals surface area contributed by atoms with E-state index in [1.54, 1.807) is 0 Å². The van der Waals surface area contributed by atoms with Crippen LogP contribution < -0.4 is 5.32 Å². The fraction of sp³-hybridized carbons (Fsp3) is 1.00. The molecule has 0 spiro atoms. The highest BCUT2D eigenvalue weighted by atomic mass is 19.1. The monoisotopic (exact) mass is 129 g/mol. The van der Waals surface area contributed by atoms with Crippen LogP contribution in [0.3, 0.4) is 0 Å². The van der Waals surface area contributed by atoms with Crippen molar-refractivity contribution in [2.24, 2.45) is 0 Å². The van der Waals surface area contributed by atoms with Crippen LogP contribution in [0.15, 0.2) is 0 Å². The molecule has 0 aliphatic carbocycles. The van der Waals surface area contributed by atoms with Crippen LogP contribution in [0.4, 0.5) is 4.39 Å². The van der Waals surface area contributed by atoms with Crippen LogP contribution in [0.2, 0.25) is 6.32 Å². The van der Waals surface area contributed by atoms with E-state index in [2.05, 4.69) is 5.32 Å². The van der Waals surface area contributed by atoms with Crippen LogP contribution in [-0.4, -0.2) is 26.6 Å². The maximum Gasteiger partial charge on any atom is 0.110 e. The molecule has 0 aliphatic heterocycles. The highest BCUT2D eigenvalue weighted by Gasteiger charge is 1.99. The summed E-state index contributed by atoms with van der Waals surface area (Å²) in [5.74, 6) is 0. The molecule has 52 valence electrons. The Morgan fingerprint density at radius 1 is 1.56 bits per heavy atom. The normalized spacial score (nSPS) is 17.2. The molecule has 1 N–H and O–H groups in total. The van der Waals surface area contributed by atoms with Crippen molar-refractivity contribution in [3.8, 4) is 0 Å². The summed E-state index contributed by atoms with van der Waals surface area (Å²) in [4.78, 5) is 0. The smallest absolute Gasteiger partial charge is 0.110 e. The quantitative estimate of drug-likeness (QED) is 0.556. The molecule has 2 atom stereocenters. The van der Waals surface area contributed by atoms with Gasteiger partial charge in [0.2, 0.25) is 0 Å². The van der Waals surface area contributed by atoms with Gasteiger partial charge in [0, 0.05) is 6.54 Å². The minimum atomic E-state index is -0.779. The number of halogens is 1. The van der Waals surface area contributed by atoms with Gasteiger partial charge in [0.15, 0.2) is 0 Å². The summed E-state index contributed by atoms with van der Waals surface area (Å²) < 4.78 is 12.1. The maximum absolute atomic E-state index is 12.1. The lowest BCUT2D eigenvalue weighted by Gasteiger charge is -2.10. The second-order valence-corrected chi connectivity index (χ2v) is 2.33. The van der Waals surface area contributed by atoms with Crippen molar-refractivity contribution in [3.63, 3.8) is 0 Å². The Kier molecular flexibility index (Phi) is 4.77. The second kappa shape index (κ2) is 4.80. The molecule has 1 nitrogen and oxygen atoms in total. The number of rotatable bonds is 4. The summed E-state index contributed by atoms with van der Waals surface area (Å²) >= 11 is 0. The molecular weight excluding hydrogens is 116 g/mol. The Bertz CT molecular complexity index is 68.1. The first-order valence-corrected chi connectivity index (χ1v) is 3.24. The lowest BCUT2D eigenvalue weighted by atomic mass is 9.99. The second-order valence-electron chi connectivity index (χ2n) is 2.33. The standard InChI is InChI=1S/C6H13BFN/c1-5(8)4-9-6(2)3-7/h5-6,9H,3-4H2,1-2H3. The molecule has 0 bridgehead atoms. The highest BCUT2D eigenvalue weighted by Crippen LogP contribution is 1.89. The number of hydrogen-bond donors (Lipinski definition) is 1. The van der Waals surface area contributed by atoms with Crippen molar-refractivity contribution in [3.05, 3.63) is 0 Å². The summed E-state index contributed by atoms with van der Waals surface area (Å²) in [5.41, 5.74) is 0. The molecule has 0 aromatic rings. The topological polar surface area (TPSA) is 12.0 Å². The van der Waals surface area contributed by atoms with Crippen molar-refractivity contribution in [1.82, 2.24) is 5.32 Å². The van der Waals surface area contributed by atoms with E-state index in [4.69, 9.17) is 7.85 Å². The van der Waals surface area contributed by atoms with Crippen LogP contribution in [0.25, 0.3) is 0 Å². The van der Waals surface area contributed by atoms with Crippen molar-refractivity contribution in [2.45, 2.75) is 32.4 Å². The molecule has 2 unspecified atom stereocenters. The summed E-state index contributed by atoms with van der Waals surface area (Å²) in [6, 6.07) is 0.225. The third-order valence-electron chi connectivity index (χ3n) is 1.10. The molecule has 0 aliphatic rings. The Balaban J connectivity index is 3.06. The van der Waals surface area contributed by atoms with Gasteiger partial charge in [-0.1, -0.05) is 13.2 Å². The molecule has 0 rings (SSSR count). The van der Waals surface area contributed by atoms with E-state index in [1.807, 2.05) is 6.92 Å². The Hall–Kier alpha value is -0.0451. The number of hydrogen-bond acceptors (Lipinski definition) is 1. The van der Waals surface area contributed by atoms with Gasteiger partial charge in [-0.3, -0.25) is 0 Å². The molecular formula is C6H13BFN. The van der Waals surface area contributed by atoms with E-state index in [9.17, 15) is 4.39 Å². The molecule has 0 fully saturated rings. The fourth-order valence-electron chi connectivity index (χ4n) is 0.447. The molecule has 0 aromatic carbocycles. The molecule has 0 saturated heterocycles. The van der Waals surface area contributed by atoms with Crippen LogP contribution in [0.1, 0.15) is 13.8 Å². The highest BCUT2D eigenvalue weighted by molar-refractivity contribution is 6.08. The zero-order chi connectivity index (χ0) is 7.28. The zero-order valence-corrected chi connectivity index (χ0v) is 6.02. The molecule has 0 amide bonds. The van der Waals surface area contributed by atoms with Gasteiger partial charge in [0.25, 0.3) is 0 Å². The van der Waals surface area contributed by atoms with Gasteiger partial charge in [-0.2, -0.15) is 0 Å². The fourth-order valence-corrected chi connectivity index (χ4v) is 0.447. The summed E-state index contributed by atoms with van der Waals surface area (Å²) in [7, 11) is 5.27. The largest absolute Gasteiger partial charge is 0.312 e. The van der Waals surface area contributed by atoms with E-state index in [0.29, 0.717) is 12.9 Å². The van der Waals surface area contributed by atoms with E-state index >= 15 is 0 Å². The first kappa shape index (κ1) is 8.95.